The predicted octanol–water partition coefficient (Wildman–Crippen LogP) is 2.43. The zero-order valence-corrected chi connectivity index (χ0v) is 12.2. The van der Waals surface area contributed by atoms with Gasteiger partial charge in [0.15, 0.2) is 0 Å². The minimum absolute atomic E-state index is 0.0320. The van der Waals surface area contributed by atoms with Crippen LogP contribution in [-0.4, -0.2) is 34.4 Å². The van der Waals surface area contributed by atoms with Crippen LogP contribution in [0.5, 0.6) is 0 Å². The normalized spacial score (nSPS) is 12.5. The summed E-state index contributed by atoms with van der Waals surface area (Å²) < 4.78 is 0. The quantitative estimate of drug-likeness (QED) is 0.783. The van der Waals surface area contributed by atoms with Crippen LogP contribution in [0.4, 0.5) is 0 Å². The molecule has 1 atom stereocenters. The third-order valence-corrected chi connectivity index (χ3v) is 3.65. The molecule has 0 aliphatic rings. The van der Waals surface area contributed by atoms with E-state index in [2.05, 4.69) is 29.2 Å². The molecular formula is C18H23NO2. The first-order valence-electron chi connectivity index (χ1n) is 7.37. The van der Waals surface area contributed by atoms with Gasteiger partial charge in [0.2, 0.25) is 0 Å². The number of hydrogen-bond donors (Lipinski definition) is 2. The number of rotatable bonds is 8. The highest BCUT2D eigenvalue weighted by Crippen LogP contribution is 2.15. The van der Waals surface area contributed by atoms with Gasteiger partial charge in [-0.15, -0.1) is 0 Å². The van der Waals surface area contributed by atoms with Crippen molar-refractivity contribution in [2.75, 3.05) is 13.2 Å². The minimum Gasteiger partial charge on any atom is -0.396 e. The van der Waals surface area contributed by atoms with Crippen LogP contribution < -0.4 is 0 Å². The average Bonchev–Trinajstić information content (AvgIpc) is 2.54. The molecule has 3 nitrogen and oxygen atoms in total. The Balaban J connectivity index is 2.13. The van der Waals surface area contributed by atoms with E-state index >= 15 is 0 Å². The lowest BCUT2D eigenvalue weighted by atomic mass is 10.1. The van der Waals surface area contributed by atoms with Gasteiger partial charge in [-0.1, -0.05) is 60.7 Å². The maximum atomic E-state index is 9.63. The maximum absolute atomic E-state index is 9.63. The SMILES string of the molecule is OCC[C@H](CO)N(Cc1ccccc1)Cc1ccccc1. The molecule has 0 fully saturated rings. The number of benzene rings is 2. The molecule has 2 aromatic carbocycles. The van der Waals surface area contributed by atoms with Gasteiger partial charge in [0.25, 0.3) is 0 Å². The highest BCUT2D eigenvalue weighted by molar-refractivity contribution is 5.17. The van der Waals surface area contributed by atoms with Crippen LogP contribution in [0, 0.1) is 0 Å². The van der Waals surface area contributed by atoms with Crippen molar-refractivity contribution in [2.45, 2.75) is 25.6 Å². The van der Waals surface area contributed by atoms with E-state index in [0.717, 1.165) is 13.1 Å². The van der Waals surface area contributed by atoms with Crippen LogP contribution in [0.2, 0.25) is 0 Å². The number of aliphatic hydroxyl groups is 2. The molecule has 0 heterocycles. The Kier molecular flexibility index (Phi) is 6.41. The molecule has 0 bridgehead atoms. The highest BCUT2D eigenvalue weighted by atomic mass is 16.3. The second kappa shape index (κ2) is 8.57. The van der Waals surface area contributed by atoms with Gasteiger partial charge in [-0.2, -0.15) is 0 Å². The molecule has 2 N–H and O–H groups in total. The standard InChI is InChI=1S/C18H23NO2/c20-12-11-18(15-21)19(13-16-7-3-1-4-8-16)14-17-9-5-2-6-10-17/h1-10,18,20-21H,11-15H2/t18-/m1/s1. The fraction of sp³-hybridized carbons (Fsp3) is 0.333. The molecule has 0 aliphatic carbocycles. The lowest BCUT2D eigenvalue weighted by Gasteiger charge is -2.30. The third-order valence-electron chi connectivity index (χ3n) is 3.65. The topological polar surface area (TPSA) is 43.7 Å². The molecule has 0 unspecified atom stereocenters. The van der Waals surface area contributed by atoms with Gasteiger partial charge in [0.05, 0.1) is 6.61 Å². The first-order chi connectivity index (χ1) is 10.3. The van der Waals surface area contributed by atoms with Crippen molar-refractivity contribution in [3.05, 3.63) is 71.8 Å². The molecule has 0 aromatic heterocycles. The lowest BCUT2D eigenvalue weighted by Crippen LogP contribution is -2.37. The van der Waals surface area contributed by atoms with Crippen molar-refractivity contribution < 1.29 is 10.2 Å². The molecule has 0 spiro atoms. The lowest BCUT2D eigenvalue weighted by molar-refractivity contribution is 0.0877. The summed E-state index contributed by atoms with van der Waals surface area (Å²) in [7, 11) is 0. The highest BCUT2D eigenvalue weighted by Gasteiger charge is 2.18. The van der Waals surface area contributed by atoms with E-state index in [-0.39, 0.29) is 19.3 Å². The molecule has 0 radical (unpaired) electrons. The fourth-order valence-electron chi connectivity index (χ4n) is 2.49. The van der Waals surface area contributed by atoms with Crippen molar-refractivity contribution in [3.8, 4) is 0 Å². The van der Waals surface area contributed by atoms with Crippen molar-refractivity contribution in [3.63, 3.8) is 0 Å². The number of aliphatic hydroxyl groups excluding tert-OH is 2. The van der Waals surface area contributed by atoms with Crippen LogP contribution in [0.25, 0.3) is 0 Å². The molecule has 3 heteroatoms. The zero-order chi connectivity index (χ0) is 14.9. The zero-order valence-electron chi connectivity index (χ0n) is 12.2. The summed E-state index contributed by atoms with van der Waals surface area (Å²) in [5, 5.41) is 18.8. The number of hydrogen-bond acceptors (Lipinski definition) is 3. The van der Waals surface area contributed by atoms with E-state index in [1.807, 2.05) is 36.4 Å². The molecule has 2 aromatic rings. The first-order valence-corrected chi connectivity index (χ1v) is 7.37. The molecule has 0 amide bonds. The largest absolute Gasteiger partial charge is 0.396 e. The van der Waals surface area contributed by atoms with E-state index in [1.54, 1.807) is 0 Å². The monoisotopic (exact) mass is 285 g/mol. The van der Waals surface area contributed by atoms with E-state index in [9.17, 15) is 10.2 Å². The van der Waals surface area contributed by atoms with Crippen LogP contribution in [-0.2, 0) is 13.1 Å². The summed E-state index contributed by atoms with van der Waals surface area (Å²) in [6.45, 7) is 1.67. The summed E-state index contributed by atoms with van der Waals surface area (Å²) >= 11 is 0. The third kappa shape index (κ3) is 4.97. The van der Waals surface area contributed by atoms with Gasteiger partial charge >= 0.3 is 0 Å². The van der Waals surface area contributed by atoms with Gasteiger partial charge in [-0.25, -0.2) is 0 Å². The van der Waals surface area contributed by atoms with Gasteiger partial charge in [-0.3, -0.25) is 4.90 Å². The van der Waals surface area contributed by atoms with Gasteiger partial charge in [0, 0.05) is 25.7 Å². The van der Waals surface area contributed by atoms with Gasteiger partial charge in [-0.05, 0) is 17.5 Å². The van der Waals surface area contributed by atoms with Crippen LogP contribution in [0.1, 0.15) is 17.5 Å². The van der Waals surface area contributed by atoms with Gasteiger partial charge in [0.1, 0.15) is 0 Å². The smallest absolute Gasteiger partial charge is 0.0587 e. The molecule has 0 aliphatic heterocycles. The summed E-state index contributed by atoms with van der Waals surface area (Å²) in [5.74, 6) is 0. The molecule has 21 heavy (non-hydrogen) atoms. The second-order valence-corrected chi connectivity index (χ2v) is 5.22. The number of nitrogens with zero attached hydrogens (tertiary/aromatic N) is 1. The van der Waals surface area contributed by atoms with Crippen LogP contribution in [0.15, 0.2) is 60.7 Å². The Labute approximate surface area is 126 Å². The molecular weight excluding hydrogens is 262 g/mol. The summed E-state index contributed by atoms with van der Waals surface area (Å²) in [4.78, 5) is 2.22. The van der Waals surface area contributed by atoms with E-state index in [4.69, 9.17) is 0 Å². The Morgan fingerprint density at radius 1 is 0.762 bits per heavy atom. The van der Waals surface area contributed by atoms with Crippen molar-refractivity contribution >= 4 is 0 Å². The molecule has 0 saturated heterocycles. The summed E-state index contributed by atoms with van der Waals surface area (Å²) in [5.41, 5.74) is 2.43. The van der Waals surface area contributed by atoms with Crippen molar-refractivity contribution in [1.82, 2.24) is 4.90 Å². The first kappa shape index (κ1) is 15.7. The van der Waals surface area contributed by atoms with E-state index in [1.165, 1.54) is 11.1 Å². The van der Waals surface area contributed by atoms with Crippen LogP contribution in [0.3, 0.4) is 0 Å². The second-order valence-electron chi connectivity index (χ2n) is 5.22. The van der Waals surface area contributed by atoms with E-state index < -0.39 is 0 Å². The maximum Gasteiger partial charge on any atom is 0.0587 e. The minimum atomic E-state index is -0.0320. The molecule has 112 valence electrons. The molecule has 0 saturated carbocycles. The average molecular weight is 285 g/mol. The summed E-state index contributed by atoms with van der Waals surface area (Å²) in [6.07, 6.45) is 0.580. The molecule has 2 rings (SSSR count). The van der Waals surface area contributed by atoms with Gasteiger partial charge < -0.3 is 10.2 Å². The fourth-order valence-corrected chi connectivity index (χ4v) is 2.49. The summed E-state index contributed by atoms with van der Waals surface area (Å²) in [6, 6.07) is 20.4. The Hall–Kier alpha value is -1.68. The Bertz CT molecular complexity index is 460. The van der Waals surface area contributed by atoms with Crippen molar-refractivity contribution in [2.24, 2.45) is 0 Å². The van der Waals surface area contributed by atoms with E-state index in [0.29, 0.717) is 6.42 Å². The predicted molar refractivity (Wildman–Crippen MR) is 84.7 cm³/mol. The van der Waals surface area contributed by atoms with Crippen molar-refractivity contribution in [1.29, 1.82) is 0 Å². The van der Waals surface area contributed by atoms with Crippen LogP contribution >= 0.6 is 0 Å². The Morgan fingerprint density at radius 2 is 1.24 bits per heavy atom. The Morgan fingerprint density at radius 3 is 1.62 bits per heavy atom.